The van der Waals surface area contributed by atoms with Crippen molar-refractivity contribution in [2.75, 3.05) is 6.54 Å². The molecule has 2 aromatic carbocycles. The van der Waals surface area contributed by atoms with Crippen molar-refractivity contribution in [3.8, 4) is 5.75 Å². The topological polar surface area (TPSA) is 55.6 Å². The maximum absolute atomic E-state index is 14.2. The number of alkyl halides is 2. The van der Waals surface area contributed by atoms with E-state index in [1.54, 1.807) is 41.6 Å². The molecule has 1 saturated heterocycles. The second kappa shape index (κ2) is 8.02. The fourth-order valence-electron chi connectivity index (χ4n) is 4.24. The number of pyridine rings is 1. The first-order valence-corrected chi connectivity index (χ1v) is 10.2. The van der Waals surface area contributed by atoms with Crippen LogP contribution in [0.15, 0.2) is 53.2 Å². The van der Waals surface area contributed by atoms with Gasteiger partial charge in [0.05, 0.1) is 0 Å². The molecule has 0 saturated carbocycles. The fourth-order valence-corrected chi connectivity index (χ4v) is 4.40. The second-order valence-corrected chi connectivity index (χ2v) is 8.06. The molecular formula is C23H16ClF3N2O3. The van der Waals surface area contributed by atoms with Crippen LogP contribution in [-0.4, -0.2) is 28.9 Å². The van der Waals surface area contributed by atoms with E-state index in [4.69, 9.17) is 16.0 Å². The lowest BCUT2D eigenvalue weighted by molar-refractivity contribution is -0.128. The Bertz CT molecular complexity index is 1340. The summed E-state index contributed by atoms with van der Waals surface area (Å²) in [6.07, 6.45) is 3.33. The zero-order valence-corrected chi connectivity index (χ0v) is 17.3. The van der Waals surface area contributed by atoms with Gasteiger partial charge in [0, 0.05) is 59.2 Å². The third-order valence-electron chi connectivity index (χ3n) is 5.66. The number of nitrogens with zero attached hydrogens (tertiary/aromatic N) is 2. The van der Waals surface area contributed by atoms with Crippen molar-refractivity contribution in [1.29, 1.82) is 0 Å². The first kappa shape index (κ1) is 20.6. The van der Waals surface area contributed by atoms with Crippen LogP contribution in [0.2, 0.25) is 5.02 Å². The van der Waals surface area contributed by atoms with E-state index in [1.165, 1.54) is 12.1 Å². The van der Waals surface area contributed by atoms with Crippen molar-refractivity contribution in [3.05, 3.63) is 70.8 Å². The summed E-state index contributed by atoms with van der Waals surface area (Å²) in [6, 6.07) is 9.08. The number of carbonyl (C=O) groups is 1. The zero-order chi connectivity index (χ0) is 22.4. The summed E-state index contributed by atoms with van der Waals surface area (Å²) >= 11 is 5.81. The highest BCUT2D eigenvalue weighted by Crippen LogP contribution is 2.42. The number of amides is 1. The number of hydrogen-bond acceptors (Lipinski definition) is 4. The van der Waals surface area contributed by atoms with Crippen LogP contribution in [0.3, 0.4) is 0 Å². The van der Waals surface area contributed by atoms with Crippen LogP contribution >= 0.6 is 11.6 Å². The van der Waals surface area contributed by atoms with Crippen molar-refractivity contribution in [1.82, 2.24) is 9.88 Å². The molecule has 3 heterocycles. The van der Waals surface area contributed by atoms with Crippen LogP contribution in [0.5, 0.6) is 5.75 Å². The van der Waals surface area contributed by atoms with Crippen LogP contribution in [0, 0.1) is 5.82 Å². The molecule has 1 unspecified atom stereocenters. The van der Waals surface area contributed by atoms with Crippen LogP contribution in [-0.2, 0) is 11.3 Å². The number of halogens is 4. The monoisotopic (exact) mass is 460 g/mol. The average molecular weight is 461 g/mol. The van der Waals surface area contributed by atoms with Gasteiger partial charge < -0.3 is 14.1 Å². The van der Waals surface area contributed by atoms with Gasteiger partial charge in [-0.25, -0.2) is 4.39 Å². The van der Waals surface area contributed by atoms with E-state index in [2.05, 4.69) is 9.72 Å². The molecule has 4 aromatic rings. The Morgan fingerprint density at radius 3 is 2.88 bits per heavy atom. The second-order valence-electron chi connectivity index (χ2n) is 7.62. The number of ether oxygens (including phenoxy) is 1. The molecule has 1 aliphatic heterocycles. The molecule has 1 aliphatic rings. The molecule has 5 nitrogen and oxygen atoms in total. The molecule has 0 bridgehead atoms. The molecule has 0 radical (unpaired) electrons. The van der Waals surface area contributed by atoms with Gasteiger partial charge in [0.15, 0.2) is 11.3 Å². The molecule has 2 aromatic heterocycles. The maximum atomic E-state index is 14.2. The van der Waals surface area contributed by atoms with Crippen LogP contribution in [0.4, 0.5) is 13.2 Å². The number of carbonyl (C=O) groups excluding carboxylic acids is 1. The van der Waals surface area contributed by atoms with Crippen LogP contribution in [0.1, 0.15) is 23.5 Å². The summed E-state index contributed by atoms with van der Waals surface area (Å²) in [5.74, 6) is -0.922. The lowest BCUT2D eigenvalue weighted by Crippen LogP contribution is -2.25. The maximum Gasteiger partial charge on any atom is 0.387 e. The molecule has 1 amide bonds. The number of likely N-dealkylation sites (tertiary alicyclic amines) is 1. The third-order valence-corrected chi connectivity index (χ3v) is 5.90. The molecule has 0 aliphatic carbocycles. The summed E-state index contributed by atoms with van der Waals surface area (Å²) in [6.45, 7) is -2.55. The van der Waals surface area contributed by atoms with Crippen molar-refractivity contribution in [3.63, 3.8) is 0 Å². The third kappa shape index (κ3) is 3.64. The highest BCUT2D eigenvalue weighted by atomic mass is 35.5. The summed E-state index contributed by atoms with van der Waals surface area (Å²) < 4.78 is 50.5. The Labute approximate surface area is 185 Å². The van der Waals surface area contributed by atoms with Gasteiger partial charge in [-0.15, -0.1) is 0 Å². The van der Waals surface area contributed by atoms with E-state index in [0.717, 1.165) is 5.56 Å². The van der Waals surface area contributed by atoms with E-state index in [-0.39, 0.29) is 41.1 Å². The lowest BCUT2D eigenvalue weighted by Gasteiger charge is -2.18. The van der Waals surface area contributed by atoms with Gasteiger partial charge in [-0.2, -0.15) is 8.78 Å². The molecule has 0 N–H and O–H groups in total. The Morgan fingerprint density at radius 2 is 2.09 bits per heavy atom. The Balaban J connectivity index is 1.53. The standard InChI is InChI=1S/C23H16ClF3N2O3/c24-14-2-1-12(17(25)8-14)10-29-11-13(7-20(29)30)15-3-4-19(32-23(26)27)22-21(15)16-9-28-6-5-18(16)31-22/h1-6,8-9,13,23H,7,10-11H2. The van der Waals surface area contributed by atoms with Gasteiger partial charge in [0.25, 0.3) is 0 Å². The van der Waals surface area contributed by atoms with Gasteiger partial charge in [0.2, 0.25) is 5.91 Å². The summed E-state index contributed by atoms with van der Waals surface area (Å²) in [5, 5.41) is 1.52. The first-order valence-electron chi connectivity index (χ1n) is 9.86. The quantitative estimate of drug-likeness (QED) is 0.372. The van der Waals surface area contributed by atoms with Crippen LogP contribution < -0.4 is 4.74 Å². The lowest BCUT2D eigenvalue weighted by atomic mass is 9.93. The van der Waals surface area contributed by atoms with E-state index in [9.17, 15) is 18.0 Å². The zero-order valence-electron chi connectivity index (χ0n) is 16.5. The minimum Gasteiger partial charge on any atom is -0.452 e. The first-order chi connectivity index (χ1) is 15.4. The molecule has 1 fully saturated rings. The summed E-state index contributed by atoms with van der Waals surface area (Å²) in [5.41, 5.74) is 1.79. The SMILES string of the molecule is O=C1CC(c2ccc(OC(F)F)c3oc4ccncc4c23)CN1Cc1ccc(Cl)cc1F. The molecule has 1 atom stereocenters. The van der Waals surface area contributed by atoms with Gasteiger partial charge >= 0.3 is 6.61 Å². The number of hydrogen-bond donors (Lipinski definition) is 0. The largest absolute Gasteiger partial charge is 0.452 e. The number of benzene rings is 2. The van der Waals surface area contributed by atoms with Gasteiger partial charge in [0.1, 0.15) is 11.4 Å². The van der Waals surface area contributed by atoms with Crippen molar-refractivity contribution in [2.24, 2.45) is 0 Å². The van der Waals surface area contributed by atoms with Gasteiger partial charge in [-0.3, -0.25) is 9.78 Å². The molecular weight excluding hydrogens is 445 g/mol. The van der Waals surface area contributed by atoms with Crippen molar-refractivity contribution in [2.45, 2.75) is 25.5 Å². The number of rotatable bonds is 5. The Morgan fingerprint density at radius 1 is 1.25 bits per heavy atom. The minimum atomic E-state index is -3.01. The van der Waals surface area contributed by atoms with Gasteiger partial charge in [-0.1, -0.05) is 23.7 Å². The molecule has 0 spiro atoms. The molecule has 5 rings (SSSR count). The number of fused-ring (bicyclic) bond motifs is 3. The fraction of sp³-hybridized carbons (Fsp3) is 0.217. The molecule has 9 heteroatoms. The predicted molar refractivity (Wildman–Crippen MR) is 112 cm³/mol. The number of furan rings is 1. The predicted octanol–water partition coefficient (Wildman–Crippen LogP) is 5.89. The highest BCUT2D eigenvalue weighted by molar-refractivity contribution is 6.30. The normalized spacial score (nSPS) is 16.6. The van der Waals surface area contributed by atoms with Crippen molar-refractivity contribution < 1.29 is 27.1 Å². The molecule has 32 heavy (non-hydrogen) atoms. The Hall–Kier alpha value is -3.26. The average Bonchev–Trinajstić information content (AvgIpc) is 3.31. The van der Waals surface area contributed by atoms with E-state index >= 15 is 0 Å². The van der Waals surface area contributed by atoms with E-state index in [1.807, 2.05) is 0 Å². The smallest absolute Gasteiger partial charge is 0.387 e. The Kier molecular flexibility index (Phi) is 5.17. The number of aromatic nitrogens is 1. The van der Waals surface area contributed by atoms with E-state index in [0.29, 0.717) is 28.5 Å². The van der Waals surface area contributed by atoms with Crippen molar-refractivity contribution >= 4 is 39.4 Å². The van der Waals surface area contributed by atoms with E-state index < -0.39 is 12.4 Å². The van der Waals surface area contributed by atoms with Gasteiger partial charge in [-0.05, 0) is 29.8 Å². The summed E-state index contributed by atoms with van der Waals surface area (Å²) in [7, 11) is 0. The minimum absolute atomic E-state index is 0.0839. The van der Waals surface area contributed by atoms with Crippen LogP contribution in [0.25, 0.3) is 21.9 Å². The highest BCUT2D eigenvalue weighted by Gasteiger charge is 2.33. The molecule has 164 valence electrons. The summed E-state index contributed by atoms with van der Waals surface area (Å²) in [4.78, 5) is 18.4.